The van der Waals surface area contributed by atoms with Crippen LogP contribution in [0.1, 0.15) is 52.4 Å². The van der Waals surface area contributed by atoms with Crippen LogP contribution in [0.4, 0.5) is 0 Å². The van der Waals surface area contributed by atoms with Crippen molar-refractivity contribution in [3.05, 3.63) is 0 Å². The molecule has 0 radical (unpaired) electrons. The maximum atomic E-state index is 12.1. The maximum Gasteiger partial charge on any atom is 0.137 e. The normalized spacial score (nSPS) is 29.3. The van der Waals surface area contributed by atoms with Gasteiger partial charge in [-0.2, -0.15) is 0 Å². The summed E-state index contributed by atoms with van der Waals surface area (Å²) in [5, 5.41) is 0. The van der Waals surface area contributed by atoms with Crippen molar-refractivity contribution < 1.29 is 4.79 Å². The van der Waals surface area contributed by atoms with Crippen LogP contribution in [0, 0.1) is 5.92 Å². The summed E-state index contributed by atoms with van der Waals surface area (Å²) in [7, 11) is 0. The third-order valence-electron chi connectivity index (χ3n) is 5.08. The number of hydrogen-bond acceptors (Lipinski definition) is 3. The SMILES string of the molecule is CCN(CC)CCN1CCCC1C1CCCCC1=O. The van der Waals surface area contributed by atoms with Gasteiger partial charge in [-0.15, -0.1) is 0 Å². The van der Waals surface area contributed by atoms with Gasteiger partial charge in [-0.1, -0.05) is 20.3 Å². The molecule has 2 unspecified atom stereocenters. The number of carbonyl (C=O) groups is 1. The van der Waals surface area contributed by atoms with Crippen LogP contribution in [0.2, 0.25) is 0 Å². The topological polar surface area (TPSA) is 23.6 Å². The number of likely N-dealkylation sites (N-methyl/N-ethyl adjacent to an activating group) is 1. The quantitative estimate of drug-likeness (QED) is 0.738. The fraction of sp³-hybridized carbons (Fsp3) is 0.938. The van der Waals surface area contributed by atoms with Crippen molar-refractivity contribution in [3.63, 3.8) is 0 Å². The molecule has 2 atom stereocenters. The zero-order valence-corrected chi connectivity index (χ0v) is 12.7. The van der Waals surface area contributed by atoms with Crippen molar-refractivity contribution in [2.24, 2.45) is 5.92 Å². The summed E-state index contributed by atoms with van der Waals surface area (Å²) < 4.78 is 0. The summed E-state index contributed by atoms with van der Waals surface area (Å²) in [4.78, 5) is 17.2. The van der Waals surface area contributed by atoms with E-state index in [1.807, 2.05) is 0 Å². The molecule has 0 aromatic rings. The van der Waals surface area contributed by atoms with Crippen LogP contribution in [-0.4, -0.2) is 54.3 Å². The van der Waals surface area contributed by atoms with E-state index in [-0.39, 0.29) is 0 Å². The number of hydrogen-bond donors (Lipinski definition) is 0. The van der Waals surface area contributed by atoms with Crippen molar-refractivity contribution in [2.75, 3.05) is 32.7 Å². The molecule has 110 valence electrons. The van der Waals surface area contributed by atoms with E-state index in [0.29, 0.717) is 17.7 Å². The average Bonchev–Trinajstić information content (AvgIpc) is 2.89. The van der Waals surface area contributed by atoms with Gasteiger partial charge < -0.3 is 4.90 Å². The highest BCUT2D eigenvalue weighted by Crippen LogP contribution is 2.32. The van der Waals surface area contributed by atoms with E-state index in [1.165, 1.54) is 25.8 Å². The van der Waals surface area contributed by atoms with E-state index in [4.69, 9.17) is 0 Å². The molecule has 3 nitrogen and oxygen atoms in total. The van der Waals surface area contributed by atoms with E-state index < -0.39 is 0 Å². The van der Waals surface area contributed by atoms with Crippen molar-refractivity contribution in [1.82, 2.24) is 9.80 Å². The molecule has 2 fully saturated rings. The van der Waals surface area contributed by atoms with Crippen LogP contribution in [-0.2, 0) is 4.79 Å². The predicted octanol–water partition coefficient (Wildman–Crippen LogP) is 2.55. The molecule has 1 saturated heterocycles. The van der Waals surface area contributed by atoms with Crippen LogP contribution >= 0.6 is 0 Å². The minimum absolute atomic E-state index is 0.355. The Kier molecular flexibility index (Phi) is 5.83. The number of ketones is 1. The Labute approximate surface area is 118 Å². The van der Waals surface area contributed by atoms with Gasteiger partial charge in [0.25, 0.3) is 0 Å². The Balaban J connectivity index is 1.87. The highest BCUT2D eigenvalue weighted by Gasteiger charge is 2.36. The van der Waals surface area contributed by atoms with Crippen LogP contribution in [0.5, 0.6) is 0 Å². The number of likely N-dealkylation sites (tertiary alicyclic amines) is 1. The van der Waals surface area contributed by atoms with Gasteiger partial charge in [0.1, 0.15) is 5.78 Å². The number of carbonyl (C=O) groups excluding carboxylic acids is 1. The summed E-state index contributed by atoms with van der Waals surface area (Å²) in [6.07, 6.45) is 6.90. The number of rotatable bonds is 6. The van der Waals surface area contributed by atoms with Crippen molar-refractivity contribution >= 4 is 5.78 Å². The highest BCUT2D eigenvalue weighted by atomic mass is 16.1. The zero-order chi connectivity index (χ0) is 13.7. The van der Waals surface area contributed by atoms with Crippen LogP contribution in [0.25, 0.3) is 0 Å². The lowest BCUT2D eigenvalue weighted by Gasteiger charge is -2.34. The fourth-order valence-corrected chi connectivity index (χ4v) is 3.81. The van der Waals surface area contributed by atoms with Crippen molar-refractivity contribution in [2.45, 2.75) is 58.4 Å². The Bertz CT molecular complexity index is 288. The molecular formula is C16H30N2O. The highest BCUT2D eigenvalue weighted by molar-refractivity contribution is 5.82. The predicted molar refractivity (Wildman–Crippen MR) is 79.3 cm³/mol. The molecule has 1 heterocycles. The third-order valence-corrected chi connectivity index (χ3v) is 5.08. The minimum atomic E-state index is 0.355. The first-order valence-corrected chi connectivity index (χ1v) is 8.25. The van der Waals surface area contributed by atoms with E-state index >= 15 is 0 Å². The number of nitrogens with zero attached hydrogens (tertiary/aromatic N) is 2. The molecule has 1 aliphatic heterocycles. The van der Waals surface area contributed by atoms with Gasteiger partial charge in [0.15, 0.2) is 0 Å². The Morgan fingerprint density at radius 1 is 1.16 bits per heavy atom. The molecule has 0 spiro atoms. The van der Waals surface area contributed by atoms with E-state index in [0.717, 1.165) is 45.4 Å². The molecule has 2 rings (SSSR count). The lowest BCUT2D eigenvalue weighted by molar-refractivity contribution is -0.126. The summed E-state index contributed by atoms with van der Waals surface area (Å²) in [6, 6.07) is 0.559. The fourth-order valence-electron chi connectivity index (χ4n) is 3.81. The first-order chi connectivity index (χ1) is 9.26. The lowest BCUT2D eigenvalue weighted by Crippen LogP contribution is -2.44. The Hall–Kier alpha value is -0.410. The molecule has 2 aliphatic rings. The van der Waals surface area contributed by atoms with Gasteiger partial charge in [0, 0.05) is 31.5 Å². The molecule has 0 amide bonds. The monoisotopic (exact) mass is 266 g/mol. The van der Waals surface area contributed by atoms with Gasteiger partial charge in [-0.25, -0.2) is 0 Å². The minimum Gasteiger partial charge on any atom is -0.303 e. The van der Waals surface area contributed by atoms with Crippen LogP contribution in [0.15, 0.2) is 0 Å². The van der Waals surface area contributed by atoms with Gasteiger partial charge >= 0.3 is 0 Å². The van der Waals surface area contributed by atoms with E-state index in [1.54, 1.807) is 0 Å². The summed E-state index contributed by atoms with van der Waals surface area (Å²) in [5.74, 6) is 0.902. The molecule has 0 N–H and O–H groups in total. The molecule has 1 saturated carbocycles. The first kappa shape index (κ1) is 15.0. The smallest absolute Gasteiger partial charge is 0.137 e. The second kappa shape index (κ2) is 7.39. The van der Waals surface area contributed by atoms with Gasteiger partial charge in [0.2, 0.25) is 0 Å². The van der Waals surface area contributed by atoms with Gasteiger partial charge in [-0.3, -0.25) is 9.69 Å². The summed E-state index contributed by atoms with van der Waals surface area (Å²) in [6.45, 7) is 10.2. The second-order valence-corrected chi connectivity index (χ2v) is 6.09. The van der Waals surface area contributed by atoms with E-state index in [9.17, 15) is 4.79 Å². The second-order valence-electron chi connectivity index (χ2n) is 6.09. The van der Waals surface area contributed by atoms with E-state index in [2.05, 4.69) is 23.6 Å². The number of Topliss-reactive ketones (excluding diaryl/α,β-unsaturated/α-hetero) is 1. The van der Waals surface area contributed by atoms with Crippen LogP contribution in [0.3, 0.4) is 0 Å². The molecule has 0 aromatic heterocycles. The molecule has 3 heteroatoms. The van der Waals surface area contributed by atoms with Gasteiger partial charge in [-0.05, 0) is 45.3 Å². The summed E-state index contributed by atoms with van der Waals surface area (Å²) in [5.41, 5.74) is 0. The largest absolute Gasteiger partial charge is 0.303 e. The molecule has 0 bridgehead atoms. The van der Waals surface area contributed by atoms with Crippen molar-refractivity contribution in [1.29, 1.82) is 0 Å². The standard InChI is InChI=1S/C16H30N2O/c1-3-17(4-2)12-13-18-11-7-9-15(18)14-8-5-6-10-16(14)19/h14-15H,3-13H2,1-2H3. The average molecular weight is 266 g/mol. The van der Waals surface area contributed by atoms with Gasteiger partial charge in [0.05, 0.1) is 0 Å². The first-order valence-electron chi connectivity index (χ1n) is 8.25. The maximum absolute atomic E-state index is 12.1. The Morgan fingerprint density at radius 2 is 1.95 bits per heavy atom. The zero-order valence-electron chi connectivity index (χ0n) is 12.7. The van der Waals surface area contributed by atoms with Crippen molar-refractivity contribution in [3.8, 4) is 0 Å². The Morgan fingerprint density at radius 3 is 2.63 bits per heavy atom. The molecule has 1 aliphatic carbocycles. The molecular weight excluding hydrogens is 236 g/mol. The van der Waals surface area contributed by atoms with Crippen LogP contribution < -0.4 is 0 Å². The molecule has 0 aromatic carbocycles. The molecule has 19 heavy (non-hydrogen) atoms. The third kappa shape index (κ3) is 3.79. The lowest BCUT2D eigenvalue weighted by atomic mass is 9.82. The summed E-state index contributed by atoms with van der Waals surface area (Å²) >= 11 is 0.